The van der Waals surface area contributed by atoms with Crippen LogP contribution in [0.1, 0.15) is 6.92 Å². The number of hydrogen-bond acceptors (Lipinski definition) is 2. The van der Waals surface area contributed by atoms with Gasteiger partial charge in [-0.2, -0.15) is 0 Å². The van der Waals surface area contributed by atoms with Crippen LogP contribution in [0.5, 0.6) is 0 Å². The maximum Gasteiger partial charge on any atom is 0.187 e. The molecule has 0 aliphatic rings. The summed E-state index contributed by atoms with van der Waals surface area (Å²) in [6.45, 7) is 4.73. The predicted octanol–water partition coefficient (Wildman–Crippen LogP) is 0.636. The van der Waals surface area contributed by atoms with Gasteiger partial charge < -0.3 is 5.32 Å². The minimum atomic E-state index is -0.139. The number of hydrogen-bond donors (Lipinski definition) is 1. The third kappa shape index (κ3) is 2.47. The SMILES string of the molecule is C=CNC(=S)C(C)=O. The molecule has 0 atom stereocenters. The fourth-order valence-corrected chi connectivity index (χ4v) is 0.278. The highest BCUT2D eigenvalue weighted by atomic mass is 32.1. The Morgan fingerprint density at radius 1 is 1.88 bits per heavy atom. The van der Waals surface area contributed by atoms with Crippen molar-refractivity contribution in [2.24, 2.45) is 0 Å². The summed E-state index contributed by atoms with van der Waals surface area (Å²) in [6.07, 6.45) is 1.38. The summed E-state index contributed by atoms with van der Waals surface area (Å²) >= 11 is 4.55. The zero-order chi connectivity index (χ0) is 6.57. The highest BCUT2D eigenvalue weighted by Crippen LogP contribution is 1.72. The number of thiocarbonyl (C=S) groups is 1. The van der Waals surface area contributed by atoms with Crippen molar-refractivity contribution in [2.45, 2.75) is 6.92 Å². The first-order chi connectivity index (χ1) is 3.68. The van der Waals surface area contributed by atoms with Crippen molar-refractivity contribution in [1.29, 1.82) is 0 Å². The van der Waals surface area contributed by atoms with Gasteiger partial charge in [-0.1, -0.05) is 18.8 Å². The highest BCUT2D eigenvalue weighted by molar-refractivity contribution is 7.82. The van der Waals surface area contributed by atoms with E-state index < -0.39 is 0 Å². The predicted molar refractivity (Wildman–Crippen MR) is 36.6 cm³/mol. The van der Waals surface area contributed by atoms with Crippen molar-refractivity contribution >= 4 is 23.0 Å². The van der Waals surface area contributed by atoms with Crippen LogP contribution in [0.2, 0.25) is 0 Å². The molecule has 0 unspecified atom stereocenters. The van der Waals surface area contributed by atoms with E-state index in [4.69, 9.17) is 0 Å². The van der Waals surface area contributed by atoms with Crippen LogP contribution in [0.25, 0.3) is 0 Å². The van der Waals surface area contributed by atoms with Crippen molar-refractivity contribution in [3.63, 3.8) is 0 Å². The average molecular weight is 129 g/mol. The van der Waals surface area contributed by atoms with E-state index in [0.29, 0.717) is 0 Å². The van der Waals surface area contributed by atoms with Crippen LogP contribution in [0.4, 0.5) is 0 Å². The lowest BCUT2D eigenvalue weighted by Gasteiger charge is -1.93. The molecule has 0 saturated carbocycles. The summed E-state index contributed by atoms with van der Waals surface area (Å²) < 4.78 is 0. The second-order valence-electron chi connectivity index (χ2n) is 1.23. The Balaban J connectivity index is 3.65. The zero-order valence-corrected chi connectivity index (χ0v) is 5.42. The molecule has 1 N–H and O–H groups in total. The largest absolute Gasteiger partial charge is 0.351 e. The van der Waals surface area contributed by atoms with Gasteiger partial charge in [-0.15, -0.1) is 0 Å². The van der Waals surface area contributed by atoms with E-state index in [0.717, 1.165) is 0 Å². The molecule has 8 heavy (non-hydrogen) atoms. The Morgan fingerprint density at radius 3 is 2.50 bits per heavy atom. The number of carbonyl (C=O) groups excluding carboxylic acids is 1. The Morgan fingerprint density at radius 2 is 2.38 bits per heavy atom. The molecular formula is C5H7NOS. The minimum absolute atomic E-state index is 0.139. The number of nitrogens with one attached hydrogen (secondary N) is 1. The Kier molecular flexibility index (Phi) is 3.03. The van der Waals surface area contributed by atoms with Gasteiger partial charge in [-0.3, -0.25) is 4.79 Å². The van der Waals surface area contributed by atoms with Crippen molar-refractivity contribution in [3.8, 4) is 0 Å². The third-order valence-electron chi connectivity index (χ3n) is 0.553. The molecule has 0 aliphatic heterocycles. The molecule has 0 fully saturated rings. The first kappa shape index (κ1) is 7.30. The van der Waals surface area contributed by atoms with Gasteiger partial charge in [0.25, 0.3) is 0 Å². The van der Waals surface area contributed by atoms with E-state index >= 15 is 0 Å². The van der Waals surface area contributed by atoms with E-state index in [2.05, 4.69) is 24.1 Å². The minimum Gasteiger partial charge on any atom is -0.351 e. The van der Waals surface area contributed by atoms with Gasteiger partial charge in [0.05, 0.1) is 0 Å². The van der Waals surface area contributed by atoms with Gasteiger partial charge in [0.15, 0.2) is 5.78 Å². The van der Waals surface area contributed by atoms with Gasteiger partial charge >= 0.3 is 0 Å². The number of ketones is 1. The lowest BCUT2D eigenvalue weighted by atomic mass is 10.4. The Labute approximate surface area is 53.6 Å². The van der Waals surface area contributed by atoms with Crippen LogP contribution in [-0.4, -0.2) is 10.8 Å². The number of Topliss-reactive ketones (excluding diaryl/α,β-unsaturated/α-hetero) is 1. The topological polar surface area (TPSA) is 29.1 Å². The molecule has 0 aliphatic carbocycles. The average Bonchev–Trinajstić information content (AvgIpc) is 1.67. The van der Waals surface area contributed by atoms with Crippen LogP contribution in [0.15, 0.2) is 12.8 Å². The lowest BCUT2D eigenvalue weighted by Crippen LogP contribution is -2.21. The molecule has 0 bridgehead atoms. The molecule has 44 valence electrons. The van der Waals surface area contributed by atoms with E-state index in [1.807, 2.05) is 0 Å². The van der Waals surface area contributed by atoms with E-state index in [9.17, 15) is 4.79 Å². The van der Waals surface area contributed by atoms with Crippen LogP contribution in [0, 0.1) is 0 Å². The quantitative estimate of drug-likeness (QED) is 0.555. The molecule has 3 heteroatoms. The summed E-state index contributed by atoms with van der Waals surface area (Å²) in [5, 5.41) is 2.49. The monoisotopic (exact) mass is 129 g/mol. The fraction of sp³-hybridized carbons (Fsp3) is 0.200. The van der Waals surface area contributed by atoms with E-state index in [-0.39, 0.29) is 10.8 Å². The first-order valence-electron chi connectivity index (χ1n) is 2.11. The van der Waals surface area contributed by atoms with Gasteiger partial charge in [0.1, 0.15) is 4.99 Å². The van der Waals surface area contributed by atoms with Crippen molar-refractivity contribution in [1.82, 2.24) is 5.32 Å². The molecule has 0 rings (SSSR count). The summed E-state index contributed by atoms with van der Waals surface area (Å²) in [6, 6.07) is 0. The Hall–Kier alpha value is -0.700. The summed E-state index contributed by atoms with van der Waals surface area (Å²) in [7, 11) is 0. The van der Waals surface area contributed by atoms with Crippen LogP contribution < -0.4 is 5.32 Å². The fourth-order valence-electron chi connectivity index (χ4n) is 0.194. The van der Waals surface area contributed by atoms with Gasteiger partial charge in [-0.05, 0) is 6.20 Å². The molecule has 0 aromatic heterocycles. The smallest absolute Gasteiger partial charge is 0.187 e. The standard InChI is InChI=1S/C5H7NOS/c1-3-6-5(8)4(2)7/h3H,1H2,2H3,(H,6,8). The van der Waals surface area contributed by atoms with Crippen molar-refractivity contribution < 1.29 is 4.79 Å². The van der Waals surface area contributed by atoms with E-state index in [1.165, 1.54) is 13.1 Å². The van der Waals surface area contributed by atoms with Crippen LogP contribution in [-0.2, 0) is 4.79 Å². The second-order valence-corrected chi connectivity index (χ2v) is 1.64. The van der Waals surface area contributed by atoms with Gasteiger partial charge in [0, 0.05) is 6.92 Å². The molecule has 0 radical (unpaired) electrons. The molecule has 2 nitrogen and oxygen atoms in total. The second kappa shape index (κ2) is 3.32. The number of rotatable bonds is 2. The van der Waals surface area contributed by atoms with Crippen molar-refractivity contribution in [3.05, 3.63) is 12.8 Å². The molecule has 0 heterocycles. The first-order valence-corrected chi connectivity index (χ1v) is 2.51. The maximum absolute atomic E-state index is 10.3. The zero-order valence-electron chi connectivity index (χ0n) is 4.60. The molecule has 0 amide bonds. The van der Waals surface area contributed by atoms with Crippen molar-refractivity contribution in [2.75, 3.05) is 0 Å². The summed E-state index contributed by atoms with van der Waals surface area (Å²) in [5.74, 6) is -0.139. The van der Waals surface area contributed by atoms with Gasteiger partial charge in [0.2, 0.25) is 0 Å². The third-order valence-corrected chi connectivity index (χ3v) is 0.958. The molecular weight excluding hydrogens is 122 g/mol. The molecule has 0 aromatic carbocycles. The summed E-state index contributed by atoms with van der Waals surface area (Å²) in [5.41, 5.74) is 0. The highest BCUT2D eigenvalue weighted by Gasteiger charge is 1.95. The van der Waals surface area contributed by atoms with Crippen LogP contribution in [0.3, 0.4) is 0 Å². The lowest BCUT2D eigenvalue weighted by molar-refractivity contribution is -0.111. The summed E-state index contributed by atoms with van der Waals surface area (Å²) in [4.78, 5) is 10.5. The van der Waals surface area contributed by atoms with Gasteiger partial charge in [-0.25, -0.2) is 0 Å². The Bertz CT molecular complexity index is 130. The normalized spacial score (nSPS) is 7.62. The van der Waals surface area contributed by atoms with E-state index in [1.54, 1.807) is 0 Å². The molecule has 0 aromatic rings. The molecule has 0 saturated heterocycles. The maximum atomic E-state index is 10.3. The molecule has 0 spiro atoms. The number of carbonyl (C=O) groups is 1. The van der Waals surface area contributed by atoms with Crippen LogP contribution >= 0.6 is 12.2 Å².